The summed E-state index contributed by atoms with van der Waals surface area (Å²) in [5.41, 5.74) is 0. The van der Waals surface area contributed by atoms with E-state index in [-0.39, 0.29) is 12.5 Å². The van der Waals surface area contributed by atoms with Crippen LogP contribution in [0, 0.1) is 0 Å². The van der Waals surface area contributed by atoms with Gasteiger partial charge in [-0.1, -0.05) is 0 Å². The van der Waals surface area contributed by atoms with E-state index in [1.165, 1.54) is 6.33 Å². The summed E-state index contributed by atoms with van der Waals surface area (Å²) < 4.78 is 0. The van der Waals surface area contributed by atoms with Gasteiger partial charge >= 0.3 is 0 Å². The largest absolute Gasteiger partial charge is 0.360 e. The highest BCUT2D eigenvalue weighted by atomic mass is 32.1. The van der Waals surface area contributed by atoms with Gasteiger partial charge in [0.05, 0.1) is 11.9 Å². The van der Waals surface area contributed by atoms with E-state index in [2.05, 4.69) is 20.6 Å². The second kappa shape index (κ2) is 4.29. The van der Waals surface area contributed by atoms with Gasteiger partial charge in [-0.05, 0) is 24.3 Å². The van der Waals surface area contributed by atoms with Crippen molar-refractivity contribution in [1.29, 1.82) is 0 Å². The Hall–Kier alpha value is -1.69. The standard InChI is InChI=1S/C11H12N4OS/c16-9(15-7-1-2-7)5-12-10-8-3-4-17-11(8)14-6-13-10/h3-4,6-7H,1-2,5H2,(H,15,16)(H,12,13,14). The topological polar surface area (TPSA) is 66.9 Å². The van der Waals surface area contributed by atoms with Crippen molar-refractivity contribution in [1.82, 2.24) is 15.3 Å². The number of carbonyl (C=O) groups excluding carboxylic acids is 1. The summed E-state index contributed by atoms with van der Waals surface area (Å²) in [6, 6.07) is 2.36. The molecule has 6 heteroatoms. The molecule has 3 rings (SSSR count). The van der Waals surface area contributed by atoms with Crippen molar-refractivity contribution >= 4 is 33.3 Å². The van der Waals surface area contributed by atoms with Crippen LogP contribution in [-0.4, -0.2) is 28.5 Å². The van der Waals surface area contributed by atoms with Crippen LogP contribution < -0.4 is 10.6 Å². The molecule has 1 aliphatic rings. The van der Waals surface area contributed by atoms with Crippen LogP contribution in [0.5, 0.6) is 0 Å². The summed E-state index contributed by atoms with van der Waals surface area (Å²) >= 11 is 1.56. The summed E-state index contributed by atoms with van der Waals surface area (Å²) in [6.45, 7) is 0.262. The minimum Gasteiger partial charge on any atom is -0.360 e. The van der Waals surface area contributed by atoms with Gasteiger partial charge < -0.3 is 10.6 Å². The van der Waals surface area contributed by atoms with Crippen LogP contribution in [0.2, 0.25) is 0 Å². The maximum absolute atomic E-state index is 11.5. The first kappa shape index (κ1) is 10.5. The molecule has 0 aromatic carbocycles. The molecule has 0 aliphatic heterocycles. The van der Waals surface area contributed by atoms with Gasteiger partial charge in [0.1, 0.15) is 17.0 Å². The van der Waals surface area contributed by atoms with Gasteiger partial charge in [0.2, 0.25) is 5.91 Å². The molecule has 0 unspecified atom stereocenters. The molecule has 1 fully saturated rings. The lowest BCUT2D eigenvalue weighted by atomic mass is 10.4. The zero-order valence-electron chi connectivity index (χ0n) is 9.14. The molecule has 2 aromatic heterocycles. The number of thiophene rings is 1. The van der Waals surface area contributed by atoms with Crippen molar-refractivity contribution in [2.75, 3.05) is 11.9 Å². The van der Waals surface area contributed by atoms with E-state index in [0.717, 1.165) is 28.9 Å². The second-order valence-corrected chi connectivity index (χ2v) is 4.95. The maximum atomic E-state index is 11.5. The SMILES string of the molecule is O=C(CNc1ncnc2sccc12)NC1CC1. The third kappa shape index (κ3) is 2.36. The van der Waals surface area contributed by atoms with Crippen LogP contribution in [-0.2, 0) is 4.79 Å². The van der Waals surface area contributed by atoms with Gasteiger partial charge in [-0.25, -0.2) is 9.97 Å². The second-order valence-electron chi connectivity index (χ2n) is 4.06. The first-order valence-electron chi connectivity index (χ1n) is 5.54. The number of anilines is 1. The molecule has 17 heavy (non-hydrogen) atoms. The number of nitrogens with one attached hydrogen (secondary N) is 2. The minimum absolute atomic E-state index is 0.0227. The molecule has 88 valence electrons. The molecule has 1 saturated carbocycles. The highest BCUT2D eigenvalue weighted by Crippen LogP contribution is 2.23. The molecule has 2 aromatic rings. The molecule has 1 amide bonds. The van der Waals surface area contributed by atoms with Crippen LogP contribution in [0.25, 0.3) is 10.2 Å². The van der Waals surface area contributed by atoms with Crippen molar-refractivity contribution in [3.05, 3.63) is 17.8 Å². The van der Waals surface area contributed by atoms with Crippen molar-refractivity contribution in [2.45, 2.75) is 18.9 Å². The van der Waals surface area contributed by atoms with E-state index in [0.29, 0.717) is 6.04 Å². The summed E-state index contributed by atoms with van der Waals surface area (Å²) in [5, 5.41) is 8.91. The Labute approximate surface area is 102 Å². The molecule has 0 atom stereocenters. The molecule has 0 radical (unpaired) electrons. The van der Waals surface area contributed by atoms with Gasteiger partial charge in [-0.3, -0.25) is 4.79 Å². The summed E-state index contributed by atoms with van der Waals surface area (Å²) in [5.74, 6) is 0.747. The number of aromatic nitrogens is 2. The number of rotatable bonds is 4. The molecule has 0 saturated heterocycles. The summed E-state index contributed by atoms with van der Waals surface area (Å²) in [4.78, 5) is 20.8. The van der Waals surface area contributed by atoms with E-state index >= 15 is 0 Å². The Balaban J connectivity index is 1.67. The third-order valence-electron chi connectivity index (χ3n) is 2.62. The zero-order chi connectivity index (χ0) is 11.7. The molecular formula is C11H12N4OS. The summed E-state index contributed by atoms with van der Waals surface area (Å²) in [6.07, 6.45) is 3.72. The summed E-state index contributed by atoms with van der Waals surface area (Å²) in [7, 11) is 0. The minimum atomic E-state index is 0.0227. The van der Waals surface area contributed by atoms with Gasteiger partial charge in [0.15, 0.2) is 0 Å². The number of amides is 1. The van der Waals surface area contributed by atoms with Gasteiger partial charge in [-0.15, -0.1) is 11.3 Å². The smallest absolute Gasteiger partial charge is 0.239 e. The molecule has 2 heterocycles. The lowest BCUT2D eigenvalue weighted by Crippen LogP contribution is -2.31. The molecular weight excluding hydrogens is 236 g/mol. The molecule has 5 nitrogen and oxygen atoms in total. The average molecular weight is 248 g/mol. The van der Waals surface area contributed by atoms with Crippen LogP contribution in [0.15, 0.2) is 17.8 Å². The number of nitrogens with zero attached hydrogens (tertiary/aromatic N) is 2. The normalized spacial score (nSPS) is 14.8. The zero-order valence-corrected chi connectivity index (χ0v) is 9.96. The Bertz CT molecular complexity index is 549. The van der Waals surface area contributed by atoms with E-state index in [1.807, 2.05) is 11.4 Å². The monoisotopic (exact) mass is 248 g/mol. The maximum Gasteiger partial charge on any atom is 0.239 e. The van der Waals surface area contributed by atoms with E-state index in [4.69, 9.17) is 0 Å². The van der Waals surface area contributed by atoms with E-state index < -0.39 is 0 Å². The number of carbonyl (C=O) groups is 1. The molecule has 0 spiro atoms. The van der Waals surface area contributed by atoms with E-state index in [1.54, 1.807) is 11.3 Å². The van der Waals surface area contributed by atoms with Crippen LogP contribution in [0.1, 0.15) is 12.8 Å². The molecule has 1 aliphatic carbocycles. The van der Waals surface area contributed by atoms with Crippen LogP contribution in [0.3, 0.4) is 0 Å². The lowest BCUT2D eigenvalue weighted by molar-refractivity contribution is -0.119. The Kier molecular flexibility index (Phi) is 2.64. The fraction of sp³-hybridized carbons (Fsp3) is 0.364. The van der Waals surface area contributed by atoms with Gasteiger partial charge in [0.25, 0.3) is 0 Å². The Morgan fingerprint density at radius 2 is 2.35 bits per heavy atom. The predicted octanol–water partition coefficient (Wildman–Crippen LogP) is 1.38. The molecule has 0 bridgehead atoms. The average Bonchev–Trinajstić information content (AvgIpc) is 3.00. The highest BCUT2D eigenvalue weighted by molar-refractivity contribution is 7.16. The van der Waals surface area contributed by atoms with Gasteiger partial charge in [0, 0.05) is 6.04 Å². The van der Waals surface area contributed by atoms with Crippen molar-refractivity contribution in [2.24, 2.45) is 0 Å². The van der Waals surface area contributed by atoms with Crippen molar-refractivity contribution < 1.29 is 4.79 Å². The first-order chi connectivity index (χ1) is 8.33. The van der Waals surface area contributed by atoms with Gasteiger partial charge in [-0.2, -0.15) is 0 Å². The number of hydrogen-bond acceptors (Lipinski definition) is 5. The lowest BCUT2D eigenvalue weighted by Gasteiger charge is -2.06. The number of hydrogen-bond donors (Lipinski definition) is 2. The Morgan fingerprint density at radius 3 is 3.18 bits per heavy atom. The fourth-order valence-corrected chi connectivity index (χ4v) is 2.33. The van der Waals surface area contributed by atoms with Crippen molar-refractivity contribution in [3.63, 3.8) is 0 Å². The van der Waals surface area contributed by atoms with Crippen LogP contribution >= 0.6 is 11.3 Å². The Morgan fingerprint density at radius 1 is 1.47 bits per heavy atom. The van der Waals surface area contributed by atoms with Crippen LogP contribution in [0.4, 0.5) is 5.82 Å². The fourth-order valence-electron chi connectivity index (χ4n) is 1.60. The van der Waals surface area contributed by atoms with E-state index in [9.17, 15) is 4.79 Å². The highest BCUT2D eigenvalue weighted by Gasteiger charge is 2.22. The number of fused-ring (bicyclic) bond motifs is 1. The first-order valence-corrected chi connectivity index (χ1v) is 6.42. The predicted molar refractivity (Wildman–Crippen MR) is 67.1 cm³/mol. The molecule has 2 N–H and O–H groups in total. The third-order valence-corrected chi connectivity index (χ3v) is 3.44. The quantitative estimate of drug-likeness (QED) is 0.858. The van der Waals surface area contributed by atoms with Crippen molar-refractivity contribution in [3.8, 4) is 0 Å².